The average molecular weight is 244 g/mol. The van der Waals surface area contributed by atoms with E-state index in [1.54, 1.807) is 17.2 Å². The first-order chi connectivity index (χ1) is 8.74. The Balaban J connectivity index is 2.34. The number of para-hydroxylation sites is 2. The van der Waals surface area contributed by atoms with Gasteiger partial charge in [-0.3, -0.25) is 9.89 Å². The lowest BCUT2D eigenvalue weighted by atomic mass is 10.2. The molecule has 18 heavy (non-hydrogen) atoms. The fraction of sp³-hybridized carbons (Fsp3) is 0.231. The van der Waals surface area contributed by atoms with Crippen molar-refractivity contribution in [2.75, 3.05) is 17.2 Å². The van der Waals surface area contributed by atoms with Crippen LogP contribution >= 0.6 is 0 Å². The van der Waals surface area contributed by atoms with Crippen LogP contribution in [0.5, 0.6) is 0 Å². The SMILES string of the molecule is CCCN(C(=O)c1cn[nH]c1)c1ccccc1N. The van der Waals surface area contributed by atoms with Crippen LogP contribution in [0, 0.1) is 0 Å². The first-order valence-electron chi connectivity index (χ1n) is 5.89. The summed E-state index contributed by atoms with van der Waals surface area (Å²) >= 11 is 0. The molecule has 1 heterocycles. The van der Waals surface area contributed by atoms with Gasteiger partial charge in [0.2, 0.25) is 0 Å². The Morgan fingerprint density at radius 2 is 2.22 bits per heavy atom. The summed E-state index contributed by atoms with van der Waals surface area (Å²) in [4.78, 5) is 14.0. The molecule has 0 unspecified atom stereocenters. The van der Waals surface area contributed by atoms with Crippen molar-refractivity contribution in [1.29, 1.82) is 0 Å². The third kappa shape index (κ3) is 2.34. The maximum Gasteiger partial charge on any atom is 0.261 e. The van der Waals surface area contributed by atoms with Crippen molar-refractivity contribution in [2.45, 2.75) is 13.3 Å². The number of aromatic nitrogens is 2. The summed E-state index contributed by atoms with van der Waals surface area (Å²) < 4.78 is 0. The number of nitrogens with two attached hydrogens (primary N) is 1. The molecule has 0 bridgehead atoms. The Bertz CT molecular complexity index is 522. The third-order valence-corrected chi connectivity index (χ3v) is 2.67. The van der Waals surface area contributed by atoms with Crippen LogP contribution < -0.4 is 10.6 Å². The molecular formula is C13H16N4O. The van der Waals surface area contributed by atoms with E-state index in [9.17, 15) is 4.79 Å². The average Bonchev–Trinajstić information content (AvgIpc) is 2.90. The van der Waals surface area contributed by atoms with Crippen molar-refractivity contribution < 1.29 is 4.79 Å². The van der Waals surface area contributed by atoms with E-state index in [1.807, 2.05) is 25.1 Å². The number of aromatic amines is 1. The lowest BCUT2D eigenvalue weighted by Crippen LogP contribution is -2.32. The Morgan fingerprint density at radius 3 is 2.83 bits per heavy atom. The minimum atomic E-state index is -0.0940. The summed E-state index contributed by atoms with van der Waals surface area (Å²) in [6, 6.07) is 7.37. The molecule has 2 aromatic rings. The number of hydrogen-bond donors (Lipinski definition) is 2. The second kappa shape index (κ2) is 5.35. The molecule has 1 amide bonds. The normalized spacial score (nSPS) is 10.3. The number of anilines is 2. The maximum atomic E-state index is 12.4. The van der Waals surface area contributed by atoms with Gasteiger partial charge in [-0.05, 0) is 18.6 Å². The molecule has 94 valence electrons. The van der Waals surface area contributed by atoms with Crippen LogP contribution in [0.3, 0.4) is 0 Å². The van der Waals surface area contributed by atoms with Crippen LogP contribution in [0.1, 0.15) is 23.7 Å². The molecule has 0 aliphatic carbocycles. The van der Waals surface area contributed by atoms with Crippen molar-refractivity contribution in [1.82, 2.24) is 10.2 Å². The predicted octanol–water partition coefficient (Wildman–Crippen LogP) is 2.05. The zero-order chi connectivity index (χ0) is 13.0. The molecule has 0 saturated heterocycles. The fourth-order valence-electron chi connectivity index (χ4n) is 1.81. The number of benzene rings is 1. The molecule has 0 radical (unpaired) electrons. The molecule has 3 N–H and O–H groups in total. The molecule has 1 aromatic carbocycles. The number of carbonyl (C=O) groups excluding carboxylic acids is 1. The van der Waals surface area contributed by atoms with Gasteiger partial charge in [-0.1, -0.05) is 19.1 Å². The zero-order valence-corrected chi connectivity index (χ0v) is 10.3. The van der Waals surface area contributed by atoms with Gasteiger partial charge in [-0.15, -0.1) is 0 Å². The van der Waals surface area contributed by atoms with Crippen molar-refractivity contribution in [3.63, 3.8) is 0 Å². The Morgan fingerprint density at radius 1 is 1.44 bits per heavy atom. The quantitative estimate of drug-likeness (QED) is 0.808. The van der Waals surface area contributed by atoms with Gasteiger partial charge in [0.15, 0.2) is 0 Å². The molecule has 0 saturated carbocycles. The number of rotatable bonds is 4. The van der Waals surface area contributed by atoms with Crippen LogP contribution in [0.25, 0.3) is 0 Å². The van der Waals surface area contributed by atoms with Gasteiger partial charge in [0.25, 0.3) is 5.91 Å². The van der Waals surface area contributed by atoms with E-state index in [4.69, 9.17) is 5.73 Å². The molecule has 2 rings (SSSR count). The maximum absolute atomic E-state index is 12.4. The van der Waals surface area contributed by atoms with E-state index >= 15 is 0 Å². The zero-order valence-electron chi connectivity index (χ0n) is 10.3. The summed E-state index contributed by atoms with van der Waals surface area (Å²) in [5.41, 5.74) is 7.80. The Kier molecular flexibility index (Phi) is 3.62. The lowest BCUT2D eigenvalue weighted by molar-refractivity contribution is 0.0987. The summed E-state index contributed by atoms with van der Waals surface area (Å²) in [5.74, 6) is -0.0940. The predicted molar refractivity (Wildman–Crippen MR) is 71.4 cm³/mol. The molecule has 0 aliphatic heterocycles. The monoisotopic (exact) mass is 244 g/mol. The number of hydrogen-bond acceptors (Lipinski definition) is 3. The van der Waals surface area contributed by atoms with Gasteiger partial charge in [0, 0.05) is 12.7 Å². The second-order valence-corrected chi connectivity index (χ2v) is 4.00. The van der Waals surface area contributed by atoms with E-state index < -0.39 is 0 Å². The smallest absolute Gasteiger partial charge is 0.261 e. The van der Waals surface area contributed by atoms with E-state index in [2.05, 4.69) is 10.2 Å². The third-order valence-electron chi connectivity index (χ3n) is 2.67. The molecule has 1 aromatic heterocycles. The van der Waals surface area contributed by atoms with E-state index in [0.717, 1.165) is 12.1 Å². The van der Waals surface area contributed by atoms with Crippen LogP contribution in [0.15, 0.2) is 36.7 Å². The standard InChI is InChI=1S/C13H16N4O/c1-2-7-17(12-6-4-3-5-11(12)14)13(18)10-8-15-16-9-10/h3-6,8-9H,2,7,14H2,1H3,(H,15,16). The first-order valence-corrected chi connectivity index (χ1v) is 5.89. The highest BCUT2D eigenvalue weighted by molar-refractivity contribution is 6.07. The molecule has 0 aliphatic rings. The van der Waals surface area contributed by atoms with Crippen LogP contribution in [-0.4, -0.2) is 22.6 Å². The highest BCUT2D eigenvalue weighted by Gasteiger charge is 2.19. The molecule has 0 fully saturated rings. The van der Waals surface area contributed by atoms with Crippen molar-refractivity contribution in [2.24, 2.45) is 0 Å². The van der Waals surface area contributed by atoms with Crippen LogP contribution in [0.4, 0.5) is 11.4 Å². The minimum Gasteiger partial charge on any atom is -0.397 e. The molecular weight excluding hydrogens is 228 g/mol. The number of nitrogen functional groups attached to an aromatic ring is 1. The highest BCUT2D eigenvalue weighted by Crippen LogP contribution is 2.24. The van der Waals surface area contributed by atoms with Crippen molar-refractivity contribution >= 4 is 17.3 Å². The Labute approximate surface area is 106 Å². The second-order valence-electron chi connectivity index (χ2n) is 4.00. The van der Waals surface area contributed by atoms with Gasteiger partial charge in [0.1, 0.15) is 0 Å². The first kappa shape index (κ1) is 12.2. The van der Waals surface area contributed by atoms with Gasteiger partial charge < -0.3 is 10.6 Å². The number of carbonyl (C=O) groups is 1. The number of amides is 1. The number of H-pyrrole nitrogens is 1. The van der Waals surface area contributed by atoms with Gasteiger partial charge in [-0.2, -0.15) is 5.10 Å². The molecule has 0 atom stereocenters. The fourth-order valence-corrected chi connectivity index (χ4v) is 1.81. The van der Waals surface area contributed by atoms with Crippen LogP contribution in [0.2, 0.25) is 0 Å². The topological polar surface area (TPSA) is 75.0 Å². The molecule has 5 heteroatoms. The summed E-state index contributed by atoms with van der Waals surface area (Å²) in [6.45, 7) is 2.65. The lowest BCUT2D eigenvalue weighted by Gasteiger charge is -2.23. The highest BCUT2D eigenvalue weighted by atomic mass is 16.2. The van der Waals surface area contributed by atoms with E-state index in [1.165, 1.54) is 6.20 Å². The van der Waals surface area contributed by atoms with Crippen molar-refractivity contribution in [3.8, 4) is 0 Å². The largest absolute Gasteiger partial charge is 0.397 e. The van der Waals surface area contributed by atoms with E-state index in [-0.39, 0.29) is 5.91 Å². The minimum absolute atomic E-state index is 0.0940. The number of nitrogens with one attached hydrogen (secondary N) is 1. The molecule has 5 nitrogen and oxygen atoms in total. The number of nitrogens with zero attached hydrogens (tertiary/aromatic N) is 2. The van der Waals surface area contributed by atoms with Crippen LogP contribution in [-0.2, 0) is 0 Å². The van der Waals surface area contributed by atoms with Crippen molar-refractivity contribution in [3.05, 3.63) is 42.2 Å². The summed E-state index contributed by atoms with van der Waals surface area (Å²) in [7, 11) is 0. The van der Waals surface area contributed by atoms with Gasteiger partial charge in [-0.25, -0.2) is 0 Å². The van der Waals surface area contributed by atoms with Gasteiger partial charge >= 0.3 is 0 Å². The summed E-state index contributed by atoms with van der Waals surface area (Å²) in [6.07, 6.45) is 3.96. The van der Waals surface area contributed by atoms with E-state index in [0.29, 0.717) is 17.8 Å². The molecule has 0 spiro atoms. The van der Waals surface area contributed by atoms with Gasteiger partial charge in [0.05, 0.1) is 23.1 Å². The Hall–Kier alpha value is -2.30. The summed E-state index contributed by atoms with van der Waals surface area (Å²) in [5, 5.41) is 6.44.